The van der Waals surface area contributed by atoms with Gasteiger partial charge in [0.2, 0.25) is 38.6 Å². The van der Waals surface area contributed by atoms with E-state index in [9.17, 15) is 0 Å². The van der Waals surface area contributed by atoms with Gasteiger partial charge in [0.25, 0.3) is 0 Å². The summed E-state index contributed by atoms with van der Waals surface area (Å²) in [7, 11) is 6.00. The molecule has 6 N–H and O–H groups in total. The van der Waals surface area contributed by atoms with Gasteiger partial charge < -0.3 is 98.6 Å². The number of aromatic nitrogens is 8. The monoisotopic (exact) mass is 1010 g/mol. The molecule has 0 radical (unpaired) electrons. The number of hydrogen-bond acceptors (Lipinski definition) is 6. The summed E-state index contributed by atoms with van der Waals surface area (Å²) < 4.78 is 17.9. The fourth-order valence-electron chi connectivity index (χ4n) is 5.36. The summed E-state index contributed by atoms with van der Waals surface area (Å²) in [5, 5.41) is 42.0. The van der Waals surface area contributed by atoms with Crippen molar-refractivity contribution in [2.75, 3.05) is 42.7 Å². The van der Waals surface area contributed by atoms with Gasteiger partial charge in [-0.1, -0.05) is 48.5 Å². The van der Waals surface area contributed by atoms with Crippen LogP contribution < -0.4 is 86.2 Å². The highest BCUT2D eigenvalue weighted by Gasteiger charge is 2.16. The first-order valence-electron chi connectivity index (χ1n) is 15.7. The third kappa shape index (κ3) is 18.1. The molecule has 2 aromatic carbocycles. The van der Waals surface area contributed by atoms with E-state index < -0.39 is 0 Å². The average Bonchev–Trinajstić information content (AvgIpc) is 4.02. The van der Waals surface area contributed by atoms with Crippen LogP contribution in [0.2, 0.25) is 0 Å². The molecule has 8 bridgehead atoms. The fraction of sp³-hybridized carbons (Fsp3) is 0.333. The van der Waals surface area contributed by atoms with Gasteiger partial charge in [-0.05, 0) is 0 Å². The Balaban J connectivity index is -0.000000716. The van der Waals surface area contributed by atoms with E-state index in [0.29, 0.717) is 0 Å². The van der Waals surface area contributed by atoms with Crippen molar-refractivity contribution in [3.63, 3.8) is 0 Å². The smallest absolute Gasteiger partial charge is 0.247 e. The van der Waals surface area contributed by atoms with E-state index in [4.69, 9.17) is 30.6 Å². The SMILES string of the molecule is CO.CO.CO.CO.CO.CO.[Br-].[Br-].[Br-].[Br-].c1ccc2c(c1)Cn1cc[n+](c1)C[n+]1ccn(c1)Cc1ccccc1Cn1cc[n+](c1)C[n+]1ccn(c1)C2. The van der Waals surface area contributed by atoms with E-state index >= 15 is 0 Å². The molecule has 0 aliphatic carbocycles. The molecule has 54 heavy (non-hydrogen) atoms. The number of imidazole rings is 4. The first-order valence-corrected chi connectivity index (χ1v) is 15.7. The number of aliphatic hydroxyl groups is 6. The van der Waals surface area contributed by atoms with Gasteiger partial charge in [0.1, 0.15) is 75.8 Å². The van der Waals surface area contributed by atoms with Crippen LogP contribution in [0.3, 0.4) is 0 Å². The van der Waals surface area contributed by atoms with E-state index in [2.05, 4.69) is 160 Å². The van der Waals surface area contributed by atoms with Crippen molar-refractivity contribution in [3.8, 4) is 0 Å². The summed E-state index contributed by atoms with van der Waals surface area (Å²) in [5.74, 6) is 0. The van der Waals surface area contributed by atoms with Crippen LogP contribution in [0.1, 0.15) is 22.3 Å². The largest absolute Gasteiger partial charge is 1.00 e. The molecule has 0 spiro atoms. The summed E-state index contributed by atoms with van der Waals surface area (Å²) in [6.45, 7) is 4.92. The quantitative estimate of drug-likeness (QED) is 0.0831. The summed E-state index contributed by atoms with van der Waals surface area (Å²) >= 11 is 0. The van der Waals surface area contributed by atoms with Crippen molar-refractivity contribution in [2.45, 2.75) is 39.5 Å². The minimum Gasteiger partial charge on any atom is -1.00 e. The van der Waals surface area contributed by atoms with Gasteiger partial charge in [0.05, 0.1) is 0 Å². The maximum absolute atomic E-state index is 7.00. The first-order chi connectivity index (χ1) is 24.7. The van der Waals surface area contributed by atoms with E-state index in [1.54, 1.807) is 0 Å². The molecule has 0 saturated heterocycles. The summed E-state index contributed by atoms with van der Waals surface area (Å²) in [6, 6.07) is 17.5. The normalized spacial score (nSPS) is 10.3. The van der Waals surface area contributed by atoms with Crippen LogP contribution in [0.4, 0.5) is 0 Å². The first kappa shape index (κ1) is 57.7. The van der Waals surface area contributed by atoms with Crippen molar-refractivity contribution in [1.82, 2.24) is 18.3 Å². The highest BCUT2D eigenvalue weighted by molar-refractivity contribution is 5.28. The molecule has 1 aliphatic rings. The fourth-order valence-corrected chi connectivity index (χ4v) is 5.36. The Labute approximate surface area is 360 Å². The second kappa shape index (κ2) is 34.5. The number of fused-ring (bicyclic) bond motifs is 10. The molecular formula is C36H56Br4N8O6. The summed E-state index contributed by atoms with van der Waals surface area (Å²) in [4.78, 5) is 0. The highest BCUT2D eigenvalue weighted by atomic mass is 79.9. The average molecular weight is 1020 g/mol. The third-order valence-corrected chi connectivity index (χ3v) is 7.29. The predicted molar refractivity (Wildman–Crippen MR) is 187 cm³/mol. The zero-order valence-electron chi connectivity index (χ0n) is 31.6. The molecule has 0 saturated carbocycles. The Kier molecular flexibility index (Phi) is 36.8. The van der Waals surface area contributed by atoms with Crippen LogP contribution in [0.5, 0.6) is 0 Å². The van der Waals surface area contributed by atoms with Crippen molar-refractivity contribution in [1.29, 1.82) is 0 Å². The van der Waals surface area contributed by atoms with Crippen LogP contribution in [0.15, 0.2) is 123 Å². The lowest BCUT2D eigenvalue weighted by Gasteiger charge is -2.06. The number of benzene rings is 2. The highest BCUT2D eigenvalue weighted by Crippen LogP contribution is 2.13. The van der Waals surface area contributed by atoms with E-state index in [1.165, 1.54) is 22.3 Å². The van der Waals surface area contributed by atoms with Crippen molar-refractivity contribution in [2.24, 2.45) is 0 Å². The molecule has 4 aromatic heterocycles. The van der Waals surface area contributed by atoms with E-state index in [1.807, 2.05) is 0 Å². The Bertz CT molecular complexity index is 1500. The lowest BCUT2D eigenvalue weighted by atomic mass is 10.1. The van der Waals surface area contributed by atoms with Crippen LogP contribution >= 0.6 is 0 Å². The Morgan fingerprint density at radius 1 is 0.352 bits per heavy atom. The molecule has 6 aromatic rings. The molecule has 0 unspecified atom stereocenters. The van der Waals surface area contributed by atoms with Crippen molar-refractivity contribution in [3.05, 3.63) is 146 Å². The van der Waals surface area contributed by atoms with Crippen LogP contribution in [-0.2, 0) is 39.5 Å². The third-order valence-electron chi connectivity index (χ3n) is 7.29. The number of halogens is 4. The molecule has 0 fully saturated rings. The Morgan fingerprint density at radius 2 is 0.537 bits per heavy atom. The zero-order valence-corrected chi connectivity index (χ0v) is 37.9. The van der Waals surface area contributed by atoms with Gasteiger partial charge in [-0.25, -0.2) is 18.3 Å². The lowest BCUT2D eigenvalue weighted by Crippen LogP contribution is -3.00. The Hall–Kier alpha value is -3.04. The van der Waals surface area contributed by atoms with Crippen molar-refractivity contribution >= 4 is 0 Å². The standard InChI is InChI=1S/C30H32N8.6CH4O.4BrH/c1-2-6-28-18-32-10-14-36(22-32)26-38-16-12-34(24-38)20-30-8-4-3-7-29(30)19-33-11-15-37(23-33)25-35-13-9-31(21-35)17-27(28)5-1;6*1-2;;;;/h1-16,21-24H,17-20,25-26H2;6*2H,1H3;4*1H/q+4;;;;;;;;;;/p-4. The summed E-state index contributed by atoms with van der Waals surface area (Å²) in [6.07, 6.45) is 26.0. The predicted octanol–water partition coefficient (Wildman–Crippen LogP) is -12.8. The van der Waals surface area contributed by atoms with E-state index in [0.717, 1.165) is 82.2 Å². The number of rotatable bonds is 0. The van der Waals surface area contributed by atoms with Gasteiger partial charge in [0.15, 0.2) is 0 Å². The minimum absolute atomic E-state index is 0. The summed E-state index contributed by atoms with van der Waals surface area (Å²) in [5.41, 5.74) is 5.34. The molecule has 0 atom stereocenters. The molecule has 14 nitrogen and oxygen atoms in total. The van der Waals surface area contributed by atoms with Gasteiger partial charge in [-0.15, -0.1) is 0 Å². The number of aliphatic hydroxyl groups excluding tert-OH is 6. The number of nitrogens with zero attached hydrogens (tertiary/aromatic N) is 8. The molecule has 7 rings (SSSR count). The molecule has 304 valence electrons. The van der Waals surface area contributed by atoms with Crippen LogP contribution in [0.25, 0.3) is 0 Å². The second-order valence-electron chi connectivity index (χ2n) is 10.2. The number of hydrogen-bond donors (Lipinski definition) is 6. The Morgan fingerprint density at radius 3 is 0.722 bits per heavy atom. The lowest BCUT2D eigenvalue weighted by molar-refractivity contribution is -0.913. The molecule has 5 heterocycles. The van der Waals surface area contributed by atoms with Gasteiger partial charge >= 0.3 is 0 Å². The van der Waals surface area contributed by atoms with Crippen molar-refractivity contribution < 1.29 is 117 Å². The molecule has 0 amide bonds. The van der Waals surface area contributed by atoms with Crippen LogP contribution in [-0.4, -0.2) is 91.6 Å². The maximum atomic E-state index is 7.00. The molecule has 1 aliphatic heterocycles. The van der Waals surface area contributed by atoms with Crippen LogP contribution in [0, 0.1) is 0 Å². The molecule has 18 heteroatoms. The van der Waals surface area contributed by atoms with Gasteiger partial charge in [-0.2, -0.15) is 18.3 Å². The maximum Gasteiger partial charge on any atom is 0.247 e. The zero-order chi connectivity index (χ0) is 37.3. The molecular weight excluding hydrogens is 960 g/mol. The van der Waals surface area contributed by atoms with E-state index in [-0.39, 0.29) is 67.9 Å². The topological polar surface area (TPSA) is 157 Å². The minimum atomic E-state index is 0. The van der Waals surface area contributed by atoms with Gasteiger partial charge in [0, 0.05) is 64.9 Å². The van der Waals surface area contributed by atoms with Gasteiger partial charge in [-0.3, -0.25) is 0 Å². The second-order valence-corrected chi connectivity index (χ2v) is 10.2.